The molecule has 1 saturated heterocycles. The molecule has 8 heteroatoms. The third kappa shape index (κ3) is 1.42. The molecule has 0 amide bonds. The van der Waals surface area contributed by atoms with Crippen molar-refractivity contribution in [2.75, 3.05) is 13.2 Å². The van der Waals surface area contributed by atoms with E-state index in [0.717, 1.165) is 6.42 Å². The van der Waals surface area contributed by atoms with E-state index in [1.165, 1.54) is 4.57 Å². The topological polar surface area (TPSA) is 84.5 Å². The van der Waals surface area contributed by atoms with Gasteiger partial charge in [0.25, 0.3) is 0 Å². The summed E-state index contributed by atoms with van der Waals surface area (Å²) < 4.78 is 18.4. The lowest BCUT2D eigenvalue weighted by Crippen LogP contribution is -2.83. The zero-order valence-corrected chi connectivity index (χ0v) is 20.2. The second kappa shape index (κ2) is 5.16. The lowest BCUT2D eigenvalue weighted by molar-refractivity contribution is -0.422. The van der Waals surface area contributed by atoms with Gasteiger partial charge in [0.1, 0.15) is 5.78 Å². The minimum Gasteiger partial charge on any atom is -0.348 e. The lowest BCUT2D eigenvalue weighted by atomic mass is 9.32. The molecule has 6 aliphatic carbocycles. The molecule has 5 saturated carbocycles. The second-order valence-electron chi connectivity index (χ2n) is 13.4. The molecule has 3 aliphatic heterocycles. The minimum absolute atomic E-state index is 0.0482. The van der Waals surface area contributed by atoms with Crippen LogP contribution < -0.4 is 11.4 Å². The number of carbonyl (C=O) groups excluding carboxylic acids is 1. The fourth-order valence-electron chi connectivity index (χ4n) is 11.6. The molecule has 0 radical (unpaired) electrons. The Bertz CT molecular complexity index is 1590. The fraction of sp³-hybridized carbons (Fsp3) is 0.607. The third-order valence-corrected chi connectivity index (χ3v) is 11.9. The summed E-state index contributed by atoms with van der Waals surface area (Å²) in [4.78, 5) is 42.5. The Morgan fingerprint density at radius 3 is 2.22 bits per heavy atom. The number of hydrogen-bond acceptors (Lipinski definition) is 5. The van der Waals surface area contributed by atoms with E-state index in [-0.39, 0.29) is 34.5 Å². The summed E-state index contributed by atoms with van der Waals surface area (Å²) in [5.41, 5.74) is -1.62. The molecule has 3 spiro atoms. The van der Waals surface area contributed by atoms with E-state index in [1.54, 1.807) is 21.5 Å². The molecule has 2 aromatic rings. The highest BCUT2D eigenvalue weighted by Gasteiger charge is 3.04. The fourth-order valence-corrected chi connectivity index (χ4v) is 11.6. The van der Waals surface area contributed by atoms with Crippen molar-refractivity contribution in [3.63, 3.8) is 0 Å². The molecule has 184 valence electrons. The van der Waals surface area contributed by atoms with Crippen molar-refractivity contribution < 1.29 is 14.3 Å². The van der Waals surface area contributed by atoms with Gasteiger partial charge >= 0.3 is 11.4 Å². The van der Waals surface area contributed by atoms with Crippen LogP contribution in [0.3, 0.4) is 0 Å². The number of rotatable bonds is 1. The first-order valence-corrected chi connectivity index (χ1v) is 13.3. The van der Waals surface area contributed by atoms with Crippen molar-refractivity contribution in [2.24, 2.45) is 51.8 Å². The van der Waals surface area contributed by atoms with E-state index in [0.29, 0.717) is 42.4 Å². The van der Waals surface area contributed by atoms with Crippen molar-refractivity contribution in [3.05, 3.63) is 63.5 Å². The van der Waals surface area contributed by atoms with Crippen molar-refractivity contribution in [1.29, 1.82) is 0 Å². The van der Waals surface area contributed by atoms with E-state index < -0.39 is 28.7 Å². The largest absolute Gasteiger partial charge is 0.352 e. The molecule has 9 aliphatic rings. The molecule has 1 aromatic carbocycles. The highest BCUT2D eigenvalue weighted by atomic mass is 16.7. The van der Waals surface area contributed by atoms with E-state index in [9.17, 15) is 14.4 Å². The summed E-state index contributed by atoms with van der Waals surface area (Å²) in [5.74, 6) is 0.754. The van der Waals surface area contributed by atoms with Gasteiger partial charge in [-0.2, -0.15) is 0 Å². The second-order valence-corrected chi connectivity index (χ2v) is 13.4. The quantitative estimate of drug-likeness (QED) is 0.577. The zero-order valence-electron chi connectivity index (χ0n) is 20.2. The highest BCUT2D eigenvalue weighted by molar-refractivity contribution is 5.98. The summed E-state index contributed by atoms with van der Waals surface area (Å²) in [6, 6.07) is 8.18. The number of para-hydroxylation sites is 1. The molecule has 8 nitrogen and oxygen atoms in total. The Hall–Kier alpha value is -2.71. The summed E-state index contributed by atoms with van der Waals surface area (Å²) in [6.45, 7) is 5.45. The van der Waals surface area contributed by atoms with Gasteiger partial charge in [0, 0.05) is 17.3 Å². The van der Waals surface area contributed by atoms with Crippen LogP contribution >= 0.6 is 0 Å². The van der Waals surface area contributed by atoms with E-state index in [1.807, 2.05) is 24.3 Å². The SMILES string of the molecule is CC1(C)COC2(OC1)[C@@H]1[C@H]3C[C@H]4[C@@H]1C(=O)[C@@]15[C@H]4[C@H]3[C@@]21[C@@H]1C=C[C@H]5n2c(=O)n(-c3ccccc3)c(=O)n21. The van der Waals surface area contributed by atoms with Crippen LogP contribution in [0.4, 0.5) is 0 Å². The normalized spacial score (nSPS) is 49.7. The molecule has 10 atom stereocenters. The summed E-state index contributed by atoms with van der Waals surface area (Å²) >= 11 is 0. The number of ether oxygens (including phenoxy) is 2. The molecule has 4 bridgehead atoms. The predicted molar refractivity (Wildman–Crippen MR) is 125 cm³/mol. The molecule has 11 rings (SSSR count). The molecule has 4 heterocycles. The van der Waals surface area contributed by atoms with Crippen LogP contribution in [0.2, 0.25) is 0 Å². The maximum Gasteiger partial charge on any atom is 0.352 e. The van der Waals surface area contributed by atoms with Crippen molar-refractivity contribution in [3.8, 4) is 5.69 Å². The number of carbonyl (C=O) groups is 1. The number of hydrogen-bond donors (Lipinski definition) is 0. The standard InChI is InChI=1S/C28H27N3O5/c1-25(2)11-35-28(36-12-25)19-15-10-14-18(19)22(32)26-16-8-9-17(27(26,28)21(15)20(14)26)31-24(34)29(23(33)30(16)31)13-6-4-3-5-7-13/h3-9,14-21H,10-12H2,1-2H3/t14-,15+,16+,17-,18-,19+,20+,21-,26+,27+/m0/s1. The van der Waals surface area contributed by atoms with Crippen LogP contribution in [0.25, 0.3) is 5.69 Å². The van der Waals surface area contributed by atoms with Crippen LogP contribution in [0, 0.1) is 51.8 Å². The van der Waals surface area contributed by atoms with Crippen LogP contribution in [-0.4, -0.2) is 38.7 Å². The Labute approximate surface area is 206 Å². The van der Waals surface area contributed by atoms with E-state index in [2.05, 4.69) is 19.9 Å². The first kappa shape index (κ1) is 19.4. The van der Waals surface area contributed by atoms with Gasteiger partial charge in [0.15, 0.2) is 5.79 Å². The average molecular weight is 486 g/mol. The number of Topliss-reactive ketones (excluding diaryl/α,β-unsaturated/α-hetero) is 1. The van der Waals surface area contributed by atoms with Crippen LogP contribution in [0.5, 0.6) is 0 Å². The molecular weight excluding hydrogens is 458 g/mol. The minimum atomic E-state index is -0.874. The maximum atomic E-state index is 14.5. The summed E-state index contributed by atoms with van der Waals surface area (Å²) in [7, 11) is 0. The van der Waals surface area contributed by atoms with Gasteiger partial charge in [-0.25, -0.2) is 23.5 Å². The van der Waals surface area contributed by atoms with Gasteiger partial charge in [-0.15, -0.1) is 0 Å². The van der Waals surface area contributed by atoms with Crippen molar-refractivity contribution >= 4 is 5.78 Å². The highest BCUT2D eigenvalue weighted by Crippen LogP contribution is 2.98. The number of aromatic nitrogens is 3. The molecule has 36 heavy (non-hydrogen) atoms. The molecule has 1 aromatic heterocycles. The molecule has 0 unspecified atom stereocenters. The zero-order chi connectivity index (χ0) is 24.1. The molecular formula is C28H27N3O5. The van der Waals surface area contributed by atoms with E-state index in [4.69, 9.17) is 9.47 Å². The van der Waals surface area contributed by atoms with Crippen LogP contribution in [0.15, 0.2) is 52.1 Å². The summed E-state index contributed by atoms with van der Waals surface area (Å²) in [6.07, 6.45) is 5.19. The number of ketones is 1. The van der Waals surface area contributed by atoms with Gasteiger partial charge in [0.2, 0.25) is 0 Å². The van der Waals surface area contributed by atoms with Crippen molar-refractivity contribution in [2.45, 2.75) is 38.1 Å². The van der Waals surface area contributed by atoms with Gasteiger partial charge in [-0.3, -0.25) is 4.79 Å². The molecule has 6 fully saturated rings. The predicted octanol–water partition coefficient (Wildman–Crippen LogP) is 1.93. The van der Waals surface area contributed by atoms with Gasteiger partial charge in [-0.05, 0) is 42.2 Å². The number of benzene rings is 1. The first-order valence-electron chi connectivity index (χ1n) is 13.3. The summed E-state index contributed by atoms with van der Waals surface area (Å²) in [5, 5.41) is 0. The smallest absolute Gasteiger partial charge is 0.348 e. The van der Waals surface area contributed by atoms with Crippen molar-refractivity contribution in [1.82, 2.24) is 13.9 Å². The Morgan fingerprint density at radius 1 is 0.833 bits per heavy atom. The van der Waals surface area contributed by atoms with Gasteiger partial charge < -0.3 is 9.47 Å². The number of fused-ring (bicyclic) bond motifs is 2. The monoisotopic (exact) mass is 485 g/mol. The number of nitrogens with zero attached hydrogens (tertiary/aromatic N) is 3. The van der Waals surface area contributed by atoms with Gasteiger partial charge in [0.05, 0.1) is 41.8 Å². The maximum absolute atomic E-state index is 14.5. The molecule has 0 N–H and O–H groups in total. The first-order chi connectivity index (χ1) is 17.3. The Morgan fingerprint density at radius 2 is 1.50 bits per heavy atom. The van der Waals surface area contributed by atoms with Crippen LogP contribution in [0.1, 0.15) is 32.4 Å². The van der Waals surface area contributed by atoms with E-state index >= 15 is 0 Å². The van der Waals surface area contributed by atoms with Crippen LogP contribution in [-0.2, 0) is 14.3 Å². The van der Waals surface area contributed by atoms with Gasteiger partial charge in [-0.1, -0.05) is 44.2 Å². The Balaban J connectivity index is 1.30. The average Bonchev–Trinajstić information content (AvgIpc) is 3.50. The third-order valence-electron chi connectivity index (χ3n) is 11.9. The Kier molecular flexibility index (Phi) is 2.78. The number of allylic oxidation sites excluding steroid dienone is 2. The lowest BCUT2D eigenvalue weighted by Gasteiger charge is -2.76.